The molecule has 80 valence electrons. The van der Waals surface area contributed by atoms with E-state index >= 15 is 0 Å². The van der Waals surface area contributed by atoms with Gasteiger partial charge >= 0.3 is 6.03 Å². The average Bonchev–Trinajstić information content (AvgIpc) is 2.51. The molecule has 0 unspecified atom stereocenters. The van der Waals surface area contributed by atoms with Crippen molar-refractivity contribution in [1.82, 2.24) is 15.1 Å². The maximum atomic E-state index is 11.4. The molecule has 0 aliphatic rings. The summed E-state index contributed by atoms with van der Waals surface area (Å²) in [4.78, 5) is 11.4. The Hall–Kier alpha value is -1.32. The Morgan fingerprint density at radius 3 is 2.71 bits per heavy atom. The second kappa shape index (κ2) is 3.82. The highest BCUT2D eigenvalue weighted by atomic mass is 16.2. The summed E-state index contributed by atoms with van der Waals surface area (Å²) in [6, 6.07) is -0.178. The lowest BCUT2D eigenvalue weighted by molar-refractivity contribution is 0.240. The summed E-state index contributed by atoms with van der Waals surface area (Å²) >= 11 is 0. The number of amides is 1. The van der Waals surface area contributed by atoms with Crippen molar-refractivity contribution in [2.24, 2.45) is 0 Å². The van der Waals surface area contributed by atoms with E-state index in [9.17, 15) is 4.79 Å². The van der Waals surface area contributed by atoms with Crippen LogP contribution in [0.2, 0.25) is 0 Å². The molecule has 1 aromatic rings. The van der Waals surface area contributed by atoms with E-state index in [0.717, 1.165) is 5.56 Å². The molecule has 1 aromatic heterocycles. The zero-order valence-corrected chi connectivity index (χ0v) is 9.16. The Morgan fingerprint density at radius 1 is 1.64 bits per heavy atom. The predicted octanol–water partition coefficient (Wildman–Crippen LogP) is 2.00. The van der Waals surface area contributed by atoms with Gasteiger partial charge in [-0.2, -0.15) is 9.78 Å². The molecule has 0 aliphatic carbocycles. The van der Waals surface area contributed by atoms with Crippen LogP contribution in [0, 0.1) is 0 Å². The highest BCUT2D eigenvalue weighted by Crippen LogP contribution is 2.20. The van der Waals surface area contributed by atoms with Crippen molar-refractivity contribution in [3.05, 3.63) is 18.0 Å². The van der Waals surface area contributed by atoms with Crippen LogP contribution >= 0.6 is 0 Å². The highest BCUT2D eigenvalue weighted by molar-refractivity contribution is 5.75. The molecule has 0 fully saturated rings. The first-order chi connectivity index (χ1) is 6.45. The average molecular weight is 197 g/mol. The van der Waals surface area contributed by atoms with Crippen molar-refractivity contribution in [1.29, 1.82) is 0 Å². The first-order valence-corrected chi connectivity index (χ1v) is 4.78. The minimum Gasteiger partial charge on any atom is -0.336 e. The van der Waals surface area contributed by atoms with Gasteiger partial charge in [0.15, 0.2) is 0 Å². The number of carbonyl (C=O) groups excluding carboxylic acids is 1. The van der Waals surface area contributed by atoms with Gasteiger partial charge in [0, 0.05) is 14.2 Å². The predicted molar refractivity (Wildman–Crippen MR) is 57.5 cm³/mol. The Morgan fingerprint density at radius 2 is 2.29 bits per heavy atom. The Kier molecular flexibility index (Phi) is 2.93. The molecule has 0 atom stereocenters. The van der Waals surface area contributed by atoms with Crippen molar-refractivity contribution in [3.63, 3.8) is 0 Å². The van der Waals surface area contributed by atoms with E-state index in [1.165, 1.54) is 4.68 Å². The van der Waals surface area contributed by atoms with Gasteiger partial charge in [0.2, 0.25) is 0 Å². The van der Waals surface area contributed by atoms with Gasteiger partial charge in [-0.15, -0.1) is 0 Å². The third kappa shape index (κ3) is 2.34. The molecule has 0 radical (unpaired) electrons. The van der Waals surface area contributed by atoms with Crippen LogP contribution in [-0.4, -0.2) is 22.4 Å². The number of carbonyl (C=O) groups is 1. The van der Waals surface area contributed by atoms with E-state index in [1.807, 2.05) is 6.92 Å². The molecule has 0 bridgehead atoms. The lowest BCUT2D eigenvalue weighted by Crippen LogP contribution is -2.28. The van der Waals surface area contributed by atoms with Crippen LogP contribution in [0.5, 0.6) is 0 Å². The topological polar surface area (TPSA) is 46.9 Å². The fraction of sp³-hybridized carbons (Fsp3) is 0.600. The third-order valence-electron chi connectivity index (χ3n) is 1.98. The summed E-state index contributed by atoms with van der Waals surface area (Å²) in [6.45, 7) is 8.76. The summed E-state index contributed by atoms with van der Waals surface area (Å²) in [5, 5.41) is 6.69. The highest BCUT2D eigenvalue weighted by Gasteiger charge is 2.17. The van der Waals surface area contributed by atoms with Crippen LogP contribution in [0.25, 0.3) is 0 Å². The SMILES string of the molecule is CCNC(=O)n1cc(C(C)(C)C)cn1.[HH]. The van der Waals surface area contributed by atoms with Gasteiger partial charge in [0.05, 0.1) is 6.20 Å². The minimum absolute atomic E-state index is 0. The molecule has 1 amide bonds. The summed E-state index contributed by atoms with van der Waals surface area (Å²) in [6.07, 6.45) is 3.50. The lowest BCUT2D eigenvalue weighted by Gasteiger charge is -2.14. The summed E-state index contributed by atoms with van der Waals surface area (Å²) < 4.78 is 1.34. The number of aromatic nitrogens is 2. The summed E-state index contributed by atoms with van der Waals surface area (Å²) in [5.41, 5.74) is 1.09. The van der Waals surface area contributed by atoms with Crippen LogP contribution < -0.4 is 5.32 Å². The fourth-order valence-corrected chi connectivity index (χ4v) is 1.05. The van der Waals surface area contributed by atoms with Gasteiger partial charge in [-0.05, 0) is 17.9 Å². The van der Waals surface area contributed by atoms with E-state index < -0.39 is 0 Å². The summed E-state index contributed by atoms with van der Waals surface area (Å²) in [7, 11) is 0. The smallest absolute Gasteiger partial charge is 0.336 e. The minimum atomic E-state index is -0.178. The van der Waals surface area contributed by atoms with Gasteiger partial charge in [0.1, 0.15) is 0 Å². The van der Waals surface area contributed by atoms with E-state index in [4.69, 9.17) is 0 Å². The molecule has 0 saturated carbocycles. The molecule has 0 spiro atoms. The van der Waals surface area contributed by atoms with Crippen LogP contribution in [-0.2, 0) is 5.41 Å². The first-order valence-electron chi connectivity index (χ1n) is 4.78. The van der Waals surface area contributed by atoms with E-state index in [2.05, 4.69) is 31.2 Å². The molecule has 4 nitrogen and oxygen atoms in total. The van der Waals surface area contributed by atoms with Crippen molar-refractivity contribution in [2.45, 2.75) is 33.1 Å². The maximum absolute atomic E-state index is 11.4. The Balaban J connectivity index is 0.00000196. The monoisotopic (exact) mass is 197 g/mol. The van der Waals surface area contributed by atoms with E-state index in [-0.39, 0.29) is 12.9 Å². The second-order valence-corrected chi connectivity index (χ2v) is 4.26. The lowest BCUT2D eigenvalue weighted by atomic mass is 9.90. The van der Waals surface area contributed by atoms with E-state index in [1.54, 1.807) is 12.4 Å². The van der Waals surface area contributed by atoms with Gasteiger partial charge in [0.25, 0.3) is 0 Å². The standard InChI is InChI=1S/C10H17N3O.H2/c1-5-11-9(14)13-7-8(6-12-13)10(2,3)4;/h6-7H,5H2,1-4H3,(H,11,14);1H. The number of rotatable bonds is 1. The zero-order valence-electron chi connectivity index (χ0n) is 9.16. The van der Waals surface area contributed by atoms with Crippen LogP contribution in [0.15, 0.2) is 12.4 Å². The van der Waals surface area contributed by atoms with Gasteiger partial charge < -0.3 is 5.32 Å². The van der Waals surface area contributed by atoms with Crippen molar-refractivity contribution in [3.8, 4) is 0 Å². The van der Waals surface area contributed by atoms with Gasteiger partial charge in [-0.25, -0.2) is 4.79 Å². The Bertz CT molecular complexity index is 328. The zero-order chi connectivity index (χ0) is 10.8. The maximum Gasteiger partial charge on any atom is 0.342 e. The van der Waals surface area contributed by atoms with Crippen molar-refractivity contribution in [2.75, 3.05) is 6.54 Å². The first kappa shape index (κ1) is 10.8. The molecule has 14 heavy (non-hydrogen) atoms. The molecule has 1 heterocycles. The van der Waals surface area contributed by atoms with E-state index in [0.29, 0.717) is 6.54 Å². The molecule has 1 rings (SSSR count). The number of nitrogens with zero attached hydrogens (tertiary/aromatic N) is 2. The molecule has 0 aliphatic heterocycles. The number of nitrogens with one attached hydrogen (secondary N) is 1. The van der Waals surface area contributed by atoms with Gasteiger partial charge in [-0.3, -0.25) is 0 Å². The van der Waals surface area contributed by atoms with Crippen LogP contribution in [0.3, 0.4) is 0 Å². The number of hydrogen-bond donors (Lipinski definition) is 1. The molecule has 0 saturated heterocycles. The Labute approximate surface area is 85.8 Å². The molecule has 4 heteroatoms. The normalized spacial score (nSPS) is 11.4. The van der Waals surface area contributed by atoms with Crippen molar-refractivity contribution >= 4 is 6.03 Å². The molecule has 1 N–H and O–H groups in total. The molecule has 0 aromatic carbocycles. The summed E-state index contributed by atoms with van der Waals surface area (Å²) in [5.74, 6) is 0. The fourth-order valence-electron chi connectivity index (χ4n) is 1.05. The second-order valence-electron chi connectivity index (χ2n) is 4.26. The number of hydrogen-bond acceptors (Lipinski definition) is 2. The third-order valence-corrected chi connectivity index (χ3v) is 1.98. The molecular formula is C10H19N3O. The largest absolute Gasteiger partial charge is 0.342 e. The quantitative estimate of drug-likeness (QED) is 0.748. The van der Waals surface area contributed by atoms with Crippen LogP contribution in [0.1, 0.15) is 34.7 Å². The molecular weight excluding hydrogens is 178 g/mol. The van der Waals surface area contributed by atoms with Crippen molar-refractivity contribution < 1.29 is 6.22 Å². The van der Waals surface area contributed by atoms with Gasteiger partial charge in [-0.1, -0.05) is 20.8 Å². The van der Waals surface area contributed by atoms with Crippen LogP contribution in [0.4, 0.5) is 4.79 Å².